The molecule has 0 radical (unpaired) electrons. The van der Waals surface area contributed by atoms with Crippen LogP contribution in [0.2, 0.25) is 0 Å². The molecule has 0 fully saturated rings. The molecule has 1 amide bonds. The molecule has 1 atom stereocenters. The summed E-state index contributed by atoms with van der Waals surface area (Å²) in [6.07, 6.45) is -0.530. The number of fused-ring (bicyclic) bond motifs is 1. The summed E-state index contributed by atoms with van der Waals surface area (Å²) in [6.45, 7) is 0.214. The molecule has 3 rings (SSSR count). The van der Waals surface area contributed by atoms with Crippen molar-refractivity contribution in [2.24, 2.45) is 0 Å². The lowest BCUT2D eigenvalue weighted by Crippen LogP contribution is -2.24. The molecule has 0 bridgehead atoms. The summed E-state index contributed by atoms with van der Waals surface area (Å²) in [6, 6.07) is 11.9. The van der Waals surface area contributed by atoms with Crippen molar-refractivity contribution in [1.29, 1.82) is 0 Å². The number of hydrogen-bond donors (Lipinski definition) is 1. The van der Waals surface area contributed by atoms with Crippen LogP contribution < -0.4 is 10.2 Å². The fourth-order valence-corrected chi connectivity index (χ4v) is 2.84. The van der Waals surface area contributed by atoms with Gasteiger partial charge in [-0.3, -0.25) is 4.79 Å². The van der Waals surface area contributed by atoms with Crippen molar-refractivity contribution in [3.63, 3.8) is 0 Å². The molecule has 2 aromatic rings. The Hall–Kier alpha value is -2.89. The van der Waals surface area contributed by atoms with Crippen LogP contribution in [0.1, 0.15) is 34.0 Å². The van der Waals surface area contributed by atoms with E-state index >= 15 is 0 Å². The van der Waals surface area contributed by atoms with Gasteiger partial charge in [0.1, 0.15) is 11.9 Å². The maximum atomic E-state index is 13.9. The summed E-state index contributed by atoms with van der Waals surface area (Å²) in [5.41, 5.74) is 2.38. The number of ether oxygens (including phenoxy) is 1. The molecule has 2 aromatic carbocycles. The first-order valence-corrected chi connectivity index (χ1v) is 7.98. The highest BCUT2D eigenvalue weighted by Gasteiger charge is 2.31. The van der Waals surface area contributed by atoms with Crippen molar-refractivity contribution in [3.05, 3.63) is 65.0 Å². The third kappa shape index (κ3) is 3.63. The van der Waals surface area contributed by atoms with Crippen molar-refractivity contribution in [3.8, 4) is 0 Å². The van der Waals surface area contributed by atoms with Gasteiger partial charge >= 0.3 is 5.97 Å². The normalized spacial score (nSPS) is 15.5. The molecule has 1 aliphatic heterocycles. The van der Waals surface area contributed by atoms with Crippen LogP contribution in [0.5, 0.6) is 0 Å². The van der Waals surface area contributed by atoms with Crippen molar-refractivity contribution in [2.75, 3.05) is 19.0 Å². The number of carbonyl (C=O) groups is 2. The Labute approximate surface area is 145 Å². The molecule has 1 aliphatic rings. The standard InChI is InChI=1S/C19H19FN2O3/c1-22(2)16-8-7-12(9-15(16)20)11-21-18(23)10-17-13-5-3-4-6-14(13)19(24)25-17/h3-9,17H,10-11H2,1-2H3,(H,21,23)/t17-/m0/s1. The first-order chi connectivity index (χ1) is 12.0. The van der Waals surface area contributed by atoms with E-state index in [1.165, 1.54) is 6.07 Å². The average molecular weight is 342 g/mol. The number of amides is 1. The number of benzene rings is 2. The highest BCUT2D eigenvalue weighted by Crippen LogP contribution is 2.32. The summed E-state index contributed by atoms with van der Waals surface area (Å²) in [4.78, 5) is 25.6. The van der Waals surface area contributed by atoms with E-state index in [1.54, 1.807) is 55.4 Å². The van der Waals surface area contributed by atoms with Crippen LogP contribution >= 0.6 is 0 Å². The number of cyclic esters (lactones) is 1. The van der Waals surface area contributed by atoms with E-state index in [-0.39, 0.29) is 24.7 Å². The highest BCUT2D eigenvalue weighted by atomic mass is 19.1. The van der Waals surface area contributed by atoms with Crippen LogP contribution in [-0.4, -0.2) is 26.0 Å². The van der Waals surface area contributed by atoms with Crippen LogP contribution in [0.3, 0.4) is 0 Å². The Morgan fingerprint density at radius 3 is 2.72 bits per heavy atom. The smallest absolute Gasteiger partial charge is 0.339 e. The van der Waals surface area contributed by atoms with Gasteiger partial charge in [0.25, 0.3) is 0 Å². The van der Waals surface area contributed by atoms with E-state index in [0.29, 0.717) is 16.8 Å². The SMILES string of the molecule is CN(C)c1ccc(CNC(=O)C[C@@H]2OC(=O)c3ccccc32)cc1F. The Balaban J connectivity index is 1.59. The molecule has 1 heterocycles. The number of carbonyl (C=O) groups excluding carboxylic acids is 2. The van der Waals surface area contributed by atoms with Crippen molar-refractivity contribution in [1.82, 2.24) is 5.32 Å². The molecule has 0 aliphatic carbocycles. The summed E-state index contributed by atoms with van der Waals surface area (Å²) in [5.74, 6) is -1.00. The van der Waals surface area contributed by atoms with Crippen LogP contribution in [0, 0.1) is 5.82 Å². The molecular weight excluding hydrogens is 323 g/mol. The Bertz CT molecular complexity index is 820. The van der Waals surface area contributed by atoms with Crippen molar-refractivity contribution < 1.29 is 18.7 Å². The molecular formula is C19H19FN2O3. The molecule has 0 unspecified atom stereocenters. The summed E-state index contributed by atoms with van der Waals surface area (Å²) >= 11 is 0. The molecule has 0 spiro atoms. The minimum Gasteiger partial charge on any atom is -0.453 e. The molecule has 25 heavy (non-hydrogen) atoms. The second-order valence-corrected chi connectivity index (χ2v) is 6.14. The summed E-state index contributed by atoms with van der Waals surface area (Å²) in [7, 11) is 3.53. The number of nitrogens with one attached hydrogen (secondary N) is 1. The zero-order valence-corrected chi connectivity index (χ0v) is 14.1. The van der Waals surface area contributed by atoms with Crippen LogP contribution in [-0.2, 0) is 16.1 Å². The van der Waals surface area contributed by atoms with Gasteiger partial charge in [-0.15, -0.1) is 0 Å². The molecule has 1 N–H and O–H groups in total. The molecule has 130 valence electrons. The highest BCUT2D eigenvalue weighted by molar-refractivity contribution is 5.94. The van der Waals surface area contributed by atoms with Gasteiger partial charge in [0, 0.05) is 26.2 Å². The van der Waals surface area contributed by atoms with Gasteiger partial charge in [-0.1, -0.05) is 24.3 Å². The van der Waals surface area contributed by atoms with Crippen molar-refractivity contribution >= 4 is 17.6 Å². The summed E-state index contributed by atoms with van der Waals surface area (Å²) in [5, 5.41) is 2.74. The fraction of sp³-hybridized carbons (Fsp3) is 0.263. The van der Waals surface area contributed by atoms with Gasteiger partial charge in [0.2, 0.25) is 5.91 Å². The Kier molecular flexibility index (Phi) is 4.70. The van der Waals surface area contributed by atoms with E-state index in [1.807, 2.05) is 0 Å². The van der Waals surface area contributed by atoms with Gasteiger partial charge in [0.15, 0.2) is 0 Å². The maximum Gasteiger partial charge on any atom is 0.339 e. The summed E-state index contributed by atoms with van der Waals surface area (Å²) < 4.78 is 19.2. The first kappa shape index (κ1) is 17.0. The average Bonchev–Trinajstić information content (AvgIpc) is 2.89. The number of anilines is 1. The Morgan fingerprint density at radius 1 is 1.24 bits per heavy atom. The molecule has 0 saturated heterocycles. The molecule has 6 heteroatoms. The van der Waals surface area contributed by atoms with E-state index in [0.717, 1.165) is 5.56 Å². The van der Waals surface area contributed by atoms with Gasteiger partial charge in [-0.2, -0.15) is 0 Å². The molecule has 0 aromatic heterocycles. The number of hydrogen-bond acceptors (Lipinski definition) is 4. The third-order valence-corrected chi connectivity index (χ3v) is 4.13. The lowest BCUT2D eigenvalue weighted by molar-refractivity contribution is -0.123. The predicted octanol–water partition coefficient (Wildman–Crippen LogP) is 2.81. The zero-order chi connectivity index (χ0) is 18.0. The van der Waals surface area contributed by atoms with Gasteiger partial charge in [-0.25, -0.2) is 9.18 Å². The van der Waals surface area contributed by atoms with Gasteiger partial charge in [0.05, 0.1) is 17.7 Å². The molecule has 5 nitrogen and oxygen atoms in total. The second kappa shape index (κ2) is 6.93. The van der Waals surface area contributed by atoms with Gasteiger partial charge < -0.3 is 15.0 Å². The Morgan fingerprint density at radius 2 is 2.00 bits per heavy atom. The van der Waals surface area contributed by atoms with Crippen LogP contribution in [0.15, 0.2) is 42.5 Å². The molecule has 0 saturated carbocycles. The minimum absolute atomic E-state index is 0.0427. The third-order valence-electron chi connectivity index (χ3n) is 4.13. The lowest BCUT2D eigenvalue weighted by atomic mass is 10.0. The largest absolute Gasteiger partial charge is 0.453 e. The number of esters is 1. The minimum atomic E-state index is -0.573. The van der Waals surface area contributed by atoms with Crippen LogP contribution in [0.4, 0.5) is 10.1 Å². The van der Waals surface area contributed by atoms with Gasteiger partial charge in [-0.05, 0) is 23.8 Å². The predicted molar refractivity (Wildman–Crippen MR) is 91.8 cm³/mol. The van der Waals surface area contributed by atoms with Crippen molar-refractivity contribution in [2.45, 2.75) is 19.1 Å². The number of halogens is 1. The zero-order valence-electron chi connectivity index (χ0n) is 14.1. The first-order valence-electron chi connectivity index (χ1n) is 7.98. The van der Waals surface area contributed by atoms with E-state index in [9.17, 15) is 14.0 Å². The fourth-order valence-electron chi connectivity index (χ4n) is 2.84. The lowest BCUT2D eigenvalue weighted by Gasteiger charge is -2.15. The quantitative estimate of drug-likeness (QED) is 0.849. The van der Waals surface area contributed by atoms with E-state index < -0.39 is 12.1 Å². The second-order valence-electron chi connectivity index (χ2n) is 6.14. The van der Waals surface area contributed by atoms with E-state index in [2.05, 4.69) is 5.32 Å². The monoisotopic (exact) mass is 342 g/mol. The topological polar surface area (TPSA) is 58.6 Å². The van der Waals surface area contributed by atoms with E-state index in [4.69, 9.17) is 4.74 Å². The number of nitrogens with zero attached hydrogens (tertiary/aromatic N) is 1. The van der Waals surface area contributed by atoms with Crippen LogP contribution in [0.25, 0.3) is 0 Å². The maximum absolute atomic E-state index is 13.9. The number of rotatable bonds is 5.